The number of benzene rings is 1. The van der Waals surface area contributed by atoms with Gasteiger partial charge in [0, 0.05) is 12.1 Å². The monoisotopic (exact) mass is 248 g/mol. The van der Waals surface area contributed by atoms with E-state index in [1.165, 1.54) is 0 Å². The molecule has 18 heavy (non-hydrogen) atoms. The lowest BCUT2D eigenvalue weighted by molar-refractivity contribution is -0.133. The van der Waals surface area contributed by atoms with Crippen LogP contribution in [0.15, 0.2) is 30.0 Å². The highest BCUT2D eigenvalue weighted by Crippen LogP contribution is 2.38. The van der Waals surface area contributed by atoms with Gasteiger partial charge in [-0.05, 0) is 17.7 Å². The standard InChI is InChI=1S/C12H8O6/c13-6-3-7(14)11(8(15)4-6)5-1-9(16)12(18)10(17)2-5/h1-4,13-16H. The summed E-state index contributed by atoms with van der Waals surface area (Å²) in [5.41, 5.74) is -0.174. The smallest absolute Gasteiger partial charge is 0.267 e. The fourth-order valence-electron chi connectivity index (χ4n) is 1.62. The molecule has 0 fully saturated rings. The molecule has 6 nitrogen and oxygen atoms in total. The summed E-state index contributed by atoms with van der Waals surface area (Å²) < 4.78 is 0. The summed E-state index contributed by atoms with van der Waals surface area (Å²) in [6.07, 6.45) is 1.84. The number of carbonyl (C=O) groups is 2. The Morgan fingerprint density at radius 2 is 1.39 bits per heavy atom. The van der Waals surface area contributed by atoms with Crippen molar-refractivity contribution in [1.82, 2.24) is 0 Å². The lowest BCUT2D eigenvalue weighted by Gasteiger charge is -2.12. The van der Waals surface area contributed by atoms with E-state index in [0.29, 0.717) is 0 Å². The largest absolute Gasteiger partial charge is 0.508 e. The molecule has 6 heteroatoms. The number of allylic oxidation sites excluding steroid dienone is 4. The zero-order chi connectivity index (χ0) is 13.4. The quantitative estimate of drug-likeness (QED) is 0.431. The van der Waals surface area contributed by atoms with Crippen LogP contribution in [0.1, 0.15) is 5.56 Å². The third-order valence-corrected chi connectivity index (χ3v) is 2.41. The van der Waals surface area contributed by atoms with Crippen molar-refractivity contribution in [2.24, 2.45) is 0 Å². The molecule has 0 unspecified atom stereocenters. The van der Waals surface area contributed by atoms with Crippen molar-refractivity contribution >= 4 is 17.1 Å². The molecular weight excluding hydrogens is 240 g/mol. The van der Waals surface area contributed by atoms with Gasteiger partial charge in [0.2, 0.25) is 5.78 Å². The SMILES string of the molecule is O=C1C=C(c2c(O)cc(O)cc2O)C=C(O)C1=O. The summed E-state index contributed by atoms with van der Waals surface area (Å²) in [5.74, 6) is -4.12. The summed E-state index contributed by atoms with van der Waals surface area (Å²) in [5, 5.41) is 37.6. The maximum Gasteiger partial charge on any atom is 0.267 e. The molecule has 4 N–H and O–H groups in total. The van der Waals surface area contributed by atoms with Gasteiger partial charge < -0.3 is 20.4 Å². The number of aliphatic hydroxyl groups is 1. The van der Waals surface area contributed by atoms with Crippen LogP contribution >= 0.6 is 0 Å². The van der Waals surface area contributed by atoms with Gasteiger partial charge in [-0.25, -0.2) is 0 Å². The van der Waals surface area contributed by atoms with E-state index in [-0.39, 0.29) is 16.9 Å². The van der Waals surface area contributed by atoms with Crippen molar-refractivity contribution in [1.29, 1.82) is 0 Å². The highest BCUT2D eigenvalue weighted by Gasteiger charge is 2.25. The van der Waals surface area contributed by atoms with Gasteiger partial charge >= 0.3 is 0 Å². The van der Waals surface area contributed by atoms with Gasteiger partial charge in [0.25, 0.3) is 5.78 Å². The van der Waals surface area contributed by atoms with E-state index < -0.39 is 28.8 Å². The van der Waals surface area contributed by atoms with E-state index in [2.05, 4.69) is 0 Å². The molecule has 1 aromatic carbocycles. The van der Waals surface area contributed by atoms with Crippen molar-refractivity contribution in [2.45, 2.75) is 0 Å². The number of hydrogen-bond donors (Lipinski definition) is 4. The molecule has 1 aromatic rings. The van der Waals surface area contributed by atoms with Crippen LogP contribution in [0.5, 0.6) is 17.2 Å². The number of phenols is 3. The number of phenolic OH excluding ortho intramolecular Hbond substituents is 3. The van der Waals surface area contributed by atoms with E-state index in [1.54, 1.807) is 0 Å². The minimum Gasteiger partial charge on any atom is -0.508 e. The van der Waals surface area contributed by atoms with Crippen molar-refractivity contribution in [3.63, 3.8) is 0 Å². The average molecular weight is 248 g/mol. The highest BCUT2D eigenvalue weighted by molar-refractivity contribution is 6.49. The summed E-state index contributed by atoms with van der Waals surface area (Å²) in [4.78, 5) is 22.3. The van der Waals surface area contributed by atoms with Crippen LogP contribution in [0.3, 0.4) is 0 Å². The molecule has 92 valence electrons. The molecule has 0 saturated heterocycles. The molecule has 0 heterocycles. The molecular formula is C12H8O6. The first-order valence-corrected chi connectivity index (χ1v) is 4.86. The van der Waals surface area contributed by atoms with Crippen molar-refractivity contribution in [3.8, 4) is 17.2 Å². The van der Waals surface area contributed by atoms with Gasteiger partial charge in [0.05, 0.1) is 5.56 Å². The number of ketones is 2. The number of carbonyl (C=O) groups excluding carboxylic acids is 2. The average Bonchev–Trinajstić information content (AvgIpc) is 2.24. The summed E-state index contributed by atoms with van der Waals surface area (Å²) in [6, 6.07) is 1.92. The number of Topliss-reactive ketones (excluding diaryl/α,β-unsaturated/α-hetero) is 1. The van der Waals surface area contributed by atoms with Gasteiger partial charge in [-0.3, -0.25) is 9.59 Å². The normalized spacial score (nSPS) is 15.3. The number of rotatable bonds is 1. The third-order valence-electron chi connectivity index (χ3n) is 2.41. The van der Waals surface area contributed by atoms with E-state index in [1.807, 2.05) is 0 Å². The summed E-state index contributed by atoms with van der Waals surface area (Å²) in [6.45, 7) is 0. The van der Waals surface area contributed by atoms with Crippen LogP contribution in [0.2, 0.25) is 0 Å². The van der Waals surface area contributed by atoms with Crippen LogP contribution in [-0.4, -0.2) is 32.0 Å². The summed E-state index contributed by atoms with van der Waals surface area (Å²) in [7, 11) is 0. The Morgan fingerprint density at radius 1 is 0.833 bits per heavy atom. The molecule has 0 spiro atoms. The lowest BCUT2D eigenvalue weighted by atomic mass is 9.95. The summed E-state index contributed by atoms with van der Waals surface area (Å²) >= 11 is 0. The van der Waals surface area contributed by atoms with Crippen LogP contribution < -0.4 is 0 Å². The van der Waals surface area contributed by atoms with Crippen molar-refractivity contribution < 1.29 is 30.0 Å². The molecule has 0 atom stereocenters. The Hall–Kier alpha value is -2.76. The highest BCUT2D eigenvalue weighted by atomic mass is 16.3. The van der Waals surface area contributed by atoms with E-state index in [9.17, 15) is 24.9 Å². The Morgan fingerprint density at radius 3 is 1.89 bits per heavy atom. The zero-order valence-corrected chi connectivity index (χ0v) is 8.91. The van der Waals surface area contributed by atoms with Gasteiger partial charge in [0.15, 0.2) is 5.76 Å². The Labute approximate surface area is 101 Å². The molecule has 0 bridgehead atoms. The van der Waals surface area contributed by atoms with Crippen LogP contribution in [0, 0.1) is 0 Å². The van der Waals surface area contributed by atoms with E-state index >= 15 is 0 Å². The second-order valence-corrected chi connectivity index (χ2v) is 3.68. The molecule has 1 aliphatic rings. The first kappa shape index (κ1) is 11.7. The molecule has 0 radical (unpaired) electrons. The number of aromatic hydroxyl groups is 3. The van der Waals surface area contributed by atoms with Crippen molar-refractivity contribution in [3.05, 3.63) is 35.6 Å². The molecule has 2 rings (SSSR count). The first-order valence-electron chi connectivity index (χ1n) is 4.86. The van der Waals surface area contributed by atoms with Gasteiger partial charge in [-0.15, -0.1) is 0 Å². The molecule has 0 saturated carbocycles. The Bertz CT molecular complexity index is 600. The Balaban J connectivity index is 2.61. The minimum atomic E-state index is -1.06. The fourth-order valence-corrected chi connectivity index (χ4v) is 1.62. The molecule has 1 aliphatic carbocycles. The Kier molecular flexibility index (Phi) is 2.55. The lowest BCUT2D eigenvalue weighted by Crippen LogP contribution is -2.17. The van der Waals surface area contributed by atoms with E-state index in [4.69, 9.17) is 5.11 Å². The maximum atomic E-state index is 11.2. The predicted octanol–water partition coefficient (Wildman–Crippen LogP) is 0.781. The van der Waals surface area contributed by atoms with Crippen molar-refractivity contribution in [2.75, 3.05) is 0 Å². The predicted molar refractivity (Wildman–Crippen MR) is 60.1 cm³/mol. The second kappa shape index (κ2) is 3.92. The molecule has 0 amide bonds. The second-order valence-electron chi connectivity index (χ2n) is 3.68. The van der Waals surface area contributed by atoms with Crippen LogP contribution in [0.25, 0.3) is 5.57 Å². The minimum absolute atomic E-state index is 0.0212. The zero-order valence-electron chi connectivity index (χ0n) is 8.91. The first-order chi connectivity index (χ1) is 8.40. The number of hydrogen-bond acceptors (Lipinski definition) is 6. The van der Waals surface area contributed by atoms with Gasteiger partial charge in [-0.1, -0.05) is 0 Å². The molecule has 0 aromatic heterocycles. The van der Waals surface area contributed by atoms with Gasteiger partial charge in [-0.2, -0.15) is 0 Å². The van der Waals surface area contributed by atoms with Crippen LogP contribution in [0.4, 0.5) is 0 Å². The maximum absolute atomic E-state index is 11.2. The number of aliphatic hydroxyl groups excluding tert-OH is 1. The molecule has 0 aliphatic heterocycles. The fraction of sp³-hybridized carbons (Fsp3) is 0. The topological polar surface area (TPSA) is 115 Å². The third kappa shape index (κ3) is 1.80. The van der Waals surface area contributed by atoms with E-state index in [0.717, 1.165) is 24.3 Å². The van der Waals surface area contributed by atoms with Crippen LogP contribution in [-0.2, 0) is 9.59 Å². The van der Waals surface area contributed by atoms with Gasteiger partial charge in [0.1, 0.15) is 17.2 Å².